The highest BCUT2D eigenvalue weighted by atomic mass is 19.1. The van der Waals surface area contributed by atoms with Gasteiger partial charge in [0.25, 0.3) is 0 Å². The van der Waals surface area contributed by atoms with E-state index in [2.05, 4.69) is 5.10 Å². The van der Waals surface area contributed by atoms with Crippen LogP contribution in [0.1, 0.15) is 19.4 Å². The summed E-state index contributed by atoms with van der Waals surface area (Å²) >= 11 is 0. The fraction of sp³-hybridized carbons (Fsp3) is 0.625. The van der Waals surface area contributed by atoms with E-state index in [0.29, 0.717) is 12.5 Å². The van der Waals surface area contributed by atoms with Crippen molar-refractivity contribution < 1.29 is 9.50 Å². The van der Waals surface area contributed by atoms with Crippen molar-refractivity contribution in [3.63, 3.8) is 0 Å². The monoisotopic (exact) mass is 172 g/mol. The molecule has 0 aliphatic carbocycles. The van der Waals surface area contributed by atoms with Crippen molar-refractivity contribution in [1.29, 1.82) is 0 Å². The summed E-state index contributed by atoms with van der Waals surface area (Å²) in [7, 11) is 0. The largest absolute Gasteiger partial charge is 0.391 e. The second-order valence-corrected chi connectivity index (χ2v) is 3.19. The molecule has 4 heteroatoms. The lowest BCUT2D eigenvalue weighted by atomic mass is 10.2. The molecule has 1 heterocycles. The van der Waals surface area contributed by atoms with Gasteiger partial charge in [-0.3, -0.25) is 0 Å². The topological polar surface area (TPSA) is 38.0 Å². The maximum Gasteiger partial charge on any atom is 0.217 e. The van der Waals surface area contributed by atoms with Crippen molar-refractivity contribution in [1.82, 2.24) is 9.78 Å². The molecule has 3 nitrogen and oxygen atoms in total. The van der Waals surface area contributed by atoms with Crippen LogP contribution in [0, 0.1) is 11.9 Å². The van der Waals surface area contributed by atoms with E-state index in [-0.39, 0.29) is 12.2 Å². The van der Waals surface area contributed by atoms with Gasteiger partial charge in [-0.05, 0) is 5.92 Å². The summed E-state index contributed by atoms with van der Waals surface area (Å²) in [5.41, 5.74) is 0.260. The SMILES string of the molecule is CC(C)Cn1ncc(CO)c1F. The highest BCUT2D eigenvalue weighted by molar-refractivity contribution is 5.04. The summed E-state index contributed by atoms with van der Waals surface area (Å²) in [6.07, 6.45) is 1.36. The summed E-state index contributed by atoms with van der Waals surface area (Å²) in [6.45, 7) is 4.23. The van der Waals surface area contributed by atoms with Gasteiger partial charge in [0.15, 0.2) is 0 Å². The van der Waals surface area contributed by atoms with Crippen LogP contribution in [-0.2, 0) is 13.2 Å². The van der Waals surface area contributed by atoms with Crippen molar-refractivity contribution >= 4 is 0 Å². The Kier molecular flexibility index (Phi) is 2.81. The molecule has 0 amide bonds. The fourth-order valence-electron chi connectivity index (χ4n) is 0.988. The minimum Gasteiger partial charge on any atom is -0.391 e. The van der Waals surface area contributed by atoms with Gasteiger partial charge in [-0.25, -0.2) is 4.68 Å². The van der Waals surface area contributed by atoms with Crippen LogP contribution in [0.25, 0.3) is 0 Å². The van der Waals surface area contributed by atoms with E-state index in [1.807, 2.05) is 13.8 Å². The number of aliphatic hydroxyl groups excluding tert-OH is 1. The highest BCUT2D eigenvalue weighted by Gasteiger charge is 2.09. The van der Waals surface area contributed by atoms with Gasteiger partial charge in [-0.2, -0.15) is 9.49 Å². The third-order valence-electron chi connectivity index (χ3n) is 1.55. The molecule has 0 aromatic carbocycles. The Morgan fingerprint density at radius 2 is 2.33 bits per heavy atom. The van der Waals surface area contributed by atoms with Gasteiger partial charge in [0.2, 0.25) is 5.95 Å². The highest BCUT2D eigenvalue weighted by Crippen LogP contribution is 2.08. The summed E-state index contributed by atoms with van der Waals surface area (Å²) in [6, 6.07) is 0. The summed E-state index contributed by atoms with van der Waals surface area (Å²) in [5, 5.41) is 12.5. The number of rotatable bonds is 3. The second-order valence-electron chi connectivity index (χ2n) is 3.19. The van der Waals surface area contributed by atoms with Gasteiger partial charge in [-0.1, -0.05) is 13.8 Å². The Hall–Kier alpha value is -0.900. The lowest BCUT2D eigenvalue weighted by Gasteiger charge is -2.04. The molecule has 0 atom stereocenters. The average Bonchev–Trinajstić information content (AvgIpc) is 2.32. The van der Waals surface area contributed by atoms with Crippen LogP contribution in [0.5, 0.6) is 0 Å². The summed E-state index contributed by atoms with van der Waals surface area (Å²) < 4.78 is 14.4. The third kappa shape index (κ3) is 1.82. The molecule has 1 aromatic heterocycles. The zero-order valence-corrected chi connectivity index (χ0v) is 7.29. The molecule has 0 aliphatic heterocycles. The molecule has 0 fully saturated rings. The molecule has 0 bridgehead atoms. The number of hydrogen-bond donors (Lipinski definition) is 1. The molecule has 0 spiro atoms. The zero-order chi connectivity index (χ0) is 9.14. The summed E-state index contributed by atoms with van der Waals surface area (Å²) in [5.74, 6) is -0.0721. The molecule has 1 rings (SSSR count). The van der Waals surface area contributed by atoms with Gasteiger partial charge in [0.05, 0.1) is 18.4 Å². The molecule has 12 heavy (non-hydrogen) atoms. The first-order valence-corrected chi connectivity index (χ1v) is 3.96. The van der Waals surface area contributed by atoms with Crippen molar-refractivity contribution in [2.45, 2.75) is 27.0 Å². The minimum atomic E-state index is -0.425. The van der Waals surface area contributed by atoms with E-state index in [9.17, 15) is 4.39 Å². The van der Waals surface area contributed by atoms with Crippen molar-refractivity contribution in [2.24, 2.45) is 5.92 Å². The average molecular weight is 172 g/mol. The van der Waals surface area contributed by atoms with E-state index >= 15 is 0 Å². The molecule has 0 radical (unpaired) electrons. The number of halogens is 1. The minimum absolute atomic E-state index is 0.260. The van der Waals surface area contributed by atoms with E-state index in [1.165, 1.54) is 10.9 Å². The number of aliphatic hydroxyl groups is 1. The normalized spacial score (nSPS) is 11.1. The molecule has 1 aromatic rings. The molecular weight excluding hydrogens is 159 g/mol. The van der Waals surface area contributed by atoms with Crippen LogP contribution < -0.4 is 0 Å². The van der Waals surface area contributed by atoms with Crippen molar-refractivity contribution in [3.8, 4) is 0 Å². The van der Waals surface area contributed by atoms with Gasteiger partial charge >= 0.3 is 0 Å². The van der Waals surface area contributed by atoms with Crippen molar-refractivity contribution in [2.75, 3.05) is 0 Å². The van der Waals surface area contributed by atoms with E-state index < -0.39 is 5.95 Å². The molecule has 0 aliphatic rings. The van der Waals surface area contributed by atoms with Gasteiger partial charge in [0.1, 0.15) is 0 Å². The fourth-order valence-corrected chi connectivity index (χ4v) is 0.988. The maximum atomic E-state index is 13.1. The van der Waals surface area contributed by atoms with Gasteiger partial charge in [0, 0.05) is 6.54 Å². The Morgan fingerprint density at radius 1 is 1.67 bits per heavy atom. The Labute approximate surface area is 70.8 Å². The molecule has 68 valence electrons. The van der Waals surface area contributed by atoms with Crippen LogP contribution in [0.4, 0.5) is 4.39 Å². The first-order valence-electron chi connectivity index (χ1n) is 3.96. The van der Waals surface area contributed by atoms with Gasteiger partial charge < -0.3 is 5.11 Å². The number of hydrogen-bond acceptors (Lipinski definition) is 2. The Morgan fingerprint density at radius 3 is 2.75 bits per heavy atom. The quantitative estimate of drug-likeness (QED) is 0.743. The number of nitrogens with zero attached hydrogens (tertiary/aromatic N) is 2. The Bertz CT molecular complexity index is 258. The smallest absolute Gasteiger partial charge is 0.217 e. The maximum absolute atomic E-state index is 13.1. The molecular formula is C8H13FN2O. The predicted octanol–water partition coefficient (Wildman–Crippen LogP) is 1.17. The Balaban J connectivity index is 2.80. The zero-order valence-electron chi connectivity index (χ0n) is 7.29. The first-order chi connectivity index (χ1) is 5.65. The molecule has 0 unspecified atom stereocenters. The molecule has 0 saturated heterocycles. The van der Waals surface area contributed by atoms with Crippen molar-refractivity contribution in [3.05, 3.63) is 17.7 Å². The summed E-state index contributed by atoms with van der Waals surface area (Å²) in [4.78, 5) is 0. The van der Waals surface area contributed by atoms with Crippen LogP contribution in [-0.4, -0.2) is 14.9 Å². The van der Waals surface area contributed by atoms with E-state index in [4.69, 9.17) is 5.11 Å². The van der Waals surface area contributed by atoms with Crippen LogP contribution in [0.2, 0.25) is 0 Å². The predicted molar refractivity (Wildman–Crippen MR) is 42.9 cm³/mol. The van der Waals surface area contributed by atoms with E-state index in [0.717, 1.165) is 0 Å². The van der Waals surface area contributed by atoms with Crippen LogP contribution >= 0.6 is 0 Å². The second kappa shape index (κ2) is 3.67. The van der Waals surface area contributed by atoms with E-state index in [1.54, 1.807) is 0 Å². The van der Waals surface area contributed by atoms with Crippen LogP contribution in [0.3, 0.4) is 0 Å². The third-order valence-corrected chi connectivity index (χ3v) is 1.55. The number of aromatic nitrogens is 2. The molecule has 0 saturated carbocycles. The van der Waals surface area contributed by atoms with Gasteiger partial charge in [-0.15, -0.1) is 0 Å². The lowest BCUT2D eigenvalue weighted by Crippen LogP contribution is -2.08. The standard InChI is InChI=1S/C8H13FN2O/c1-6(2)4-11-8(9)7(5-12)3-10-11/h3,6,12H,4-5H2,1-2H3. The lowest BCUT2D eigenvalue weighted by molar-refractivity contribution is 0.272. The molecule has 1 N–H and O–H groups in total. The van der Waals surface area contributed by atoms with Crippen LogP contribution in [0.15, 0.2) is 6.20 Å². The first kappa shape index (κ1) is 9.19.